The van der Waals surface area contributed by atoms with Crippen molar-refractivity contribution >= 4 is 0 Å². The molecule has 0 spiro atoms. The van der Waals surface area contributed by atoms with Gasteiger partial charge in [0.05, 0.1) is 6.54 Å². The van der Waals surface area contributed by atoms with E-state index in [2.05, 4.69) is 0 Å². The van der Waals surface area contributed by atoms with E-state index in [1.165, 1.54) is 11.9 Å². The van der Waals surface area contributed by atoms with Crippen LogP contribution in [0.5, 0.6) is 0 Å². The van der Waals surface area contributed by atoms with Crippen molar-refractivity contribution in [2.24, 2.45) is 17.6 Å². The summed E-state index contributed by atoms with van der Waals surface area (Å²) in [6.07, 6.45) is -1.01. The number of nitrogens with zero attached hydrogens (tertiary/aromatic N) is 1. The lowest BCUT2D eigenvalue weighted by molar-refractivity contribution is -0.144. The Labute approximate surface area is 88.6 Å². The standard InChI is InChI=1S/C10H19F3N2/c1-15(7-10(11,12)13)6-9-3-2-8(4-9)5-14/h8-9H,2-7,14H2,1H3. The number of alkyl halides is 3. The van der Waals surface area contributed by atoms with Crippen molar-refractivity contribution < 1.29 is 13.2 Å². The predicted octanol–water partition coefficient (Wildman–Crippen LogP) is 1.86. The molecule has 90 valence electrons. The van der Waals surface area contributed by atoms with E-state index >= 15 is 0 Å². The molecule has 0 amide bonds. The zero-order valence-electron chi connectivity index (χ0n) is 9.06. The van der Waals surface area contributed by atoms with E-state index in [0.717, 1.165) is 19.3 Å². The molecule has 15 heavy (non-hydrogen) atoms. The quantitative estimate of drug-likeness (QED) is 0.789. The molecule has 5 heteroatoms. The fourth-order valence-corrected chi connectivity index (χ4v) is 2.37. The second-order valence-electron chi connectivity index (χ2n) is 4.59. The van der Waals surface area contributed by atoms with E-state index in [4.69, 9.17) is 5.73 Å². The molecule has 2 N–H and O–H groups in total. The van der Waals surface area contributed by atoms with Crippen LogP contribution in [-0.2, 0) is 0 Å². The van der Waals surface area contributed by atoms with Crippen molar-refractivity contribution in [1.29, 1.82) is 0 Å². The summed E-state index contributed by atoms with van der Waals surface area (Å²) < 4.78 is 36.2. The average Bonchev–Trinajstić information content (AvgIpc) is 2.48. The molecule has 0 heterocycles. The molecule has 0 aliphatic heterocycles. The lowest BCUT2D eigenvalue weighted by Crippen LogP contribution is -2.34. The number of halogens is 3. The third-order valence-corrected chi connectivity index (χ3v) is 3.00. The van der Waals surface area contributed by atoms with Crippen LogP contribution in [0.3, 0.4) is 0 Å². The summed E-state index contributed by atoms with van der Waals surface area (Å²) in [5, 5.41) is 0. The minimum absolute atomic E-state index is 0.394. The van der Waals surface area contributed by atoms with Crippen molar-refractivity contribution in [1.82, 2.24) is 4.90 Å². The summed E-state index contributed by atoms with van der Waals surface area (Å²) >= 11 is 0. The minimum atomic E-state index is -4.08. The molecular weight excluding hydrogens is 205 g/mol. The van der Waals surface area contributed by atoms with Gasteiger partial charge in [0.2, 0.25) is 0 Å². The van der Waals surface area contributed by atoms with Gasteiger partial charge >= 0.3 is 6.18 Å². The zero-order valence-corrected chi connectivity index (χ0v) is 9.06. The highest BCUT2D eigenvalue weighted by atomic mass is 19.4. The van der Waals surface area contributed by atoms with Gasteiger partial charge in [0, 0.05) is 6.54 Å². The van der Waals surface area contributed by atoms with Gasteiger partial charge in [-0.05, 0) is 44.7 Å². The monoisotopic (exact) mass is 224 g/mol. The van der Waals surface area contributed by atoms with Gasteiger partial charge in [-0.1, -0.05) is 0 Å². The van der Waals surface area contributed by atoms with Gasteiger partial charge in [0.15, 0.2) is 0 Å². The molecular formula is C10H19F3N2. The molecule has 1 saturated carbocycles. The second kappa shape index (κ2) is 5.16. The number of hydrogen-bond acceptors (Lipinski definition) is 2. The van der Waals surface area contributed by atoms with Crippen LogP contribution in [0.15, 0.2) is 0 Å². The lowest BCUT2D eigenvalue weighted by Gasteiger charge is -2.22. The molecule has 0 aromatic rings. The van der Waals surface area contributed by atoms with Crippen molar-refractivity contribution in [3.63, 3.8) is 0 Å². The Morgan fingerprint density at radius 3 is 2.33 bits per heavy atom. The Morgan fingerprint density at radius 2 is 1.87 bits per heavy atom. The zero-order chi connectivity index (χ0) is 11.5. The fourth-order valence-electron chi connectivity index (χ4n) is 2.37. The summed E-state index contributed by atoms with van der Waals surface area (Å²) in [5.74, 6) is 0.917. The molecule has 2 nitrogen and oxygen atoms in total. The Hall–Kier alpha value is -0.290. The third kappa shape index (κ3) is 4.84. The van der Waals surface area contributed by atoms with E-state index in [1.54, 1.807) is 0 Å². The topological polar surface area (TPSA) is 29.3 Å². The van der Waals surface area contributed by atoms with E-state index in [0.29, 0.717) is 24.9 Å². The number of rotatable bonds is 4. The van der Waals surface area contributed by atoms with Gasteiger partial charge < -0.3 is 5.73 Å². The summed E-state index contributed by atoms with van der Waals surface area (Å²) in [5.41, 5.74) is 5.53. The molecule has 0 aromatic carbocycles. The predicted molar refractivity (Wildman–Crippen MR) is 53.4 cm³/mol. The molecule has 2 unspecified atom stereocenters. The Bertz CT molecular complexity index is 194. The molecule has 0 bridgehead atoms. The van der Waals surface area contributed by atoms with E-state index in [9.17, 15) is 13.2 Å². The van der Waals surface area contributed by atoms with Crippen LogP contribution in [0.2, 0.25) is 0 Å². The highest BCUT2D eigenvalue weighted by Gasteiger charge is 2.31. The van der Waals surface area contributed by atoms with Gasteiger partial charge in [0.1, 0.15) is 0 Å². The smallest absolute Gasteiger partial charge is 0.330 e. The first kappa shape index (κ1) is 12.8. The fraction of sp³-hybridized carbons (Fsp3) is 1.00. The summed E-state index contributed by atoms with van der Waals surface area (Å²) in [6.45, 7) is 0.395. The molecule has 1 rings (SSSR count). The first-order chi connectivity index (χ1) is 6.90. The van der Waals surface area contributed by atoms with Crippen LogP contribution in [0, 0.1) is 11.8 Å². The van der Waals surface area contributed by atoms with Crippen molar-refractivity contribution in [3.05, 3.63) is 0 Å². The van der Waals surface area contributed by atoms with Gasteiger partial charge in [-0.15, -0.1) is 0 Å². The Morgan fingerprint density at radius 1 is 1.27 bits per heavy atom. The summed E-state index contributed by atoms with van der Waals surface area (Å²) in [4.78, 5) is 1.36. The van der Waals surface area contributed by atoms with E-state index in [1.807, 2.05) is 0 Å². The molecule has 1 fully saturated rings. The molecule has 2 atom stereocenters. The van der Waals surface area contributed by atoms with E-state index < -0.39 is 12.7 Å². The maximum Gasteiger partial charge on any atom is 0.401 e. The van der Waals surface area contributed by atoms with Gasteiger partial charge in [-0.2, -0.15) is 13.2 Å². The normalized spacial score (nSPS) is 27.6. The minimum Gasteiger partial charge on any atom is -0.330 e. The highest BCUT2D eigenvalue weighted by Crippen LogP contribution is 2.30. The maximum absolute atomic E-state index is 12.1. The second-order valence-corrected chi connectivity index (χ2v) is 4.59. The summed E-state index contributed by atoms with van der Waals surface area (Å²) in [7, 11) is 1.53. The van der Waals surface area contributed by atoms with Crippen LogP contribution in [0.25, 0.3) is 0 Å². The number of nitrogens with two attached hydrogens (primary N) is 1. The van der Waals surface area contributed by atoms with Gasteiger partial charge in [-0.3, -0.25) is 4.90 Å². The third-order valence-electron chi connectivity index (χ3n) is 3.00. The lowest BCUT2D eigenvalue weighted by atomic mass is 10.0. The largest absolute Gasteiger partial charge is 0.401 e. The van der Waals surface area contributed by atoms with Crippen molar-refractivity contribution in [2.75, 3.05) is 26.7 Å². The van der Waals surface area contributed by atoms with Crippen molar-refractivity contribution in [3.8, 4) is 0 Å². The molecule has 0 radical (unpaired) electrons. The maximum atomic E-state index is 12.1. The Balaban J connectivity index is 2.24. The van der Waals surface area contributed by atoms with Crippen LogP contribution >= 0.6 is 0 Å². The van der Waals surface area contributed by atoms with Gasteiger partial charge in [-0.25, -0.2) is 0 Å². The van der Waals surface area contributed by atoms with Crippen LogP contribution in [-0.4, -0.2) is 37.8 Å². The molecule has 0 aromatic heterocycles. The molecule has 1 aliphatic carbocycles. The summed E-state index contributed by atoms with van der Waals surface area (Å²) in [6, 6.07) is 0. The van der Waals surface area contributed by atoms with Crippen LogP contribution < -0.4 is 5.73 Å². The van der Waals surface area contributed by atoms with E-state index in [-0.39, 0.29) is 0 Å². The first-order valence-corrected chi connectivity index (χ1v) is 5.36. The number of hydrogen-bond donors (Lipinski definition) is 1. The molecule has 0 saturated heterocycles. The Kier molecular flexibility index (Phi) is 4.40. The van der Waals surface area contributed by atoms with Crippen LogP contribution in [0.4, 0.5) is 13.2 Å². The SMILES string of the molecule is CN(CC1CCC(CN)C1)CC(F)(F)F. The van der Waals surface area contributed by atoms with Crippen LogP contribution in [0.1, 0.15) is 19.3 Å². The van der Waals surface area contributed by atoms with Gasteiger partial charge in [0.25, 0.3) is 0 Å². The first-order valence-electron chi connectivity index (χ1n) is 5.36. The average molecular weight is 224 g/mol. The van der Waals surface area contributed by atoms with Crippen molar-refractivity contribution in [2.45, 2.75) is 25.4 Å². The highest BCUT2D eigenvalue weighted by molar-refractivity contribution is 4.78. The molecule has 1 aliphatic rings.